The number of alkyl halides is 3. The first-order chi connectivity index (χ1) is 25.6. The van der Waals surface area contributed by atoms with Gasteiger partial charge in [0.15, 0.2) is 0 Å². The molecule has 1 heterocycles. The molecule has 0 spiro atoms. The van der Waals surface area contributed by atoms with Crippen LogP contribution in [0.15, 0.2) is 144 Å². The van der Waals surface area contributed by atoms with E-state index in [0.717, 1.165) is 28.3 Å². The van der Waals surface area contributed by atoms with Crippen molar-refractivity contribution in [3.8, 4) is 0 Å². The zero-order valence-corrected chi connectivity index (χ0v) is 30.8. The van der Waals surface area contributed by atoms with E-state index in [1.807, 2.05) is 121 Å². The summed E-state index contributed by atoms with van der Waals surface area (Å²) < 4.78 is 77.1. The minimum absolute atomic E-state index is 0.00992. The molecule has 0 aromatic heterocycles. The second kappa shape index (κ2) is 18.0. The number of hydrogen-bond donors (Lipinski definition) is 1. The van der Waals surface area contributed by atoms with Gasteiger partial charge in [0.1, 0.15) is 36.1 Å². The molecule has 278 valence electrons. The van der Waals surface area contributed by atoms with E-state index in [0.29, 0.717) is 0 Å². The number of halogens is 4. The molecule has 53 heavy (non-hydrogen) atoms. The van der Waals surface area contributed by atoms with Crippen molar-refractivity contribution in [1.82, 2.24) is 0 Å². The van der Waals surface area contributed by atoms with Gasteiger partial charge in [-0.2, -0.15) is 13.2 Å². The third kappa shape index (κ3) is 10.2. The Hall–Kier alpha value is -3.87. The molecule has 5 aromatic carbocycles. The van der Waals surface area contributed by atoms with Crippen molar-refractivity contribution < 1.29 is 42.0 Å². The first-order valence-electron chi connectivity index (χ1n) is 17.4. The molecule has 0 amide bonds. The number of benzene rings is 5. The summed E-state index contributed by atoms with van der Waals surface area (Å²) >= 11 is 3.18. The van der Waals surface area contributed by atoms with Gasteiger partial charge >= 0.3 is 6.18 Å². The summed E-state index contributed by atoms with van der Waals surface area (Å²) in [6, 6.07) is 41.8. The van der Waals surface area contributed by atoms with E-state index >= 15 is 0 Å². The van der Waals surface area contributed by atoms with Crippen LogP contribution >= 0.6 is 15.9 Å². The molecular weight excluding hydrogens is 749 g/mol. The van der Waals surface area contributed by atoms with Crippen LogP contribution in [0.2, 0.25) is 0 Å². The molecule has 0 aliphatic carbocycles. The average Bonchev–Trinajstić information content (AvgIpc) is 3.17. The Morgan fingerprint density at radius 1 is 0.585 bits per heavy atom. The van der Waals surface area contributed by atoms with E-state index in [1.54, 1.807) is 0 Å². The molecule has 6 nitrogen and oxygen atoms in total. The van der Waals surface area contributed by atoms with E-state index in [2.05, 4.69) is 15.9 Å². The van der Waals surface area contributed by atoms with E-state index in [9.17, 15) is 18.3 Å². The number of aliphatic hydroxyl groups is 1. The monoisotopic (exact) mass is 790 g/mol. The van der Waals surface area contributed by atoms with Gasteiger partial charge < -0.3 is 28.8 Å². The highest BCUT2D eigenvalue weighted by atomic mass is 79.9. The van der Waals surface area contributed by atoms with Crippen LogP contribution in [0, 0.1) is 0 Å². The molecule has 0 radical (unpaired) electrons. The molecule has 1 unspecified atom stereocenters. The van der Waals surface area contributed by atoms with Crippen LogP contribution in [0.4, 0.5) is 13.2 Å². The Bertz CT molecular complexity index is 1840. The van der Waals surface area contributed by atoms with Gasteiger partial charge in [0.2, 0.25) is 0 Å². The van der Waals surface area contributed by atoms with E-state index in [4.69, 9.17) is 23.7 Å². The van der Waals surface area contributed by atoms with Crippen molar-refractivity contribution in [2.45, 2.75) is 75.6 Å². The lowest BCUT2D eigenvalue weighted by atomic mass is 9.79. The third-order valence-electron chi connectivity index (χ3n) is 9.27. The maximum absolute atomic E-state index is 14.6. The van der Waals surface area contributed by atoms with Crippen LogP contribution < -0.4 is 0 Å². The molecule has 10 heteroatoms. The smallest absolute Gasteiger partial charge is 0.383 e. The van der Waals surface area contributed by atoms with Crippen molar-refractivity contribution in [3.05, 3.63) is 177 Å². The van der Waals surface area contributed by atoms with Gasteiger partial charge in [-0.05, 0) is 46.9 Å². The van der Waals surface area contributed by atoms with Crippen molar-refractivity contribution in [2.24, 2.45) is 0 Å². The molecule has 6 rings (SSSR count). The van der Waals surface area contributed by atoms with Crippen molar-refractivity contribution >= 4 is 15.9 Å². The fourth-order valence-corrected chi connectivity index (χ4v) is 6.95. The van der Waals surface area contributed by atoms with Crippen molar-refractivity contribution in [2.75, 3.05) is 6.61 Å². The first-order valence-corrected chi connectivity index (χ1v) is 18.2. The normalized spacial score (nSPS) is 21.6. The summed E-state index contributed by atoms with van der Waals surface area (Å²) in [6.07, 6.45) is -9.89. The summed E-state index contributed by atoms with van der Waals surface area (Å²) in [4.78, 5) is 0. The van der Waals surface area contributed by atoms with Gasteiger partial charge in [-0.1, -0.05) is 143 Å². The van der Waals surface area contributed by atoms with Crippen LogP contribution in [0.5, 0.6) is 0 Å². The minimum Gasteiger partial charge on any atom is -0.383 e. The second-order valence-corrected chi connectivity index (χ2v) is 14.1. The van der Waals surface area contributed by atoms with Crippen LogP contribution in [0.3, 0.4) is 0 Å². The molecule has 1 fully saturated rings. The molecule has 1 N–H and O–H groups in total. The van der Waals surface area contributed by atoms with Crippen molar-refractivity contribution in [1.29, 1.82) is 0 Å². The molecule has 0 saturated carbocycles. The van der Waals surface area contributed by atoms with E-state index in [1.165, 1.54) is 19.1 Å². The first kappa shape index (κ1) is 38.8. The standard InChI is InChI=1S/C43H42BrF3O6/c1-42(48,35-23-22-34(44)24-36(35)43(45,46)47)41-40(52-28-33-20-12-5-13-21-33)39(51-27-32-18-10-4-11-19-32)38(50-26-31-16-8-3-9-17-31)37(53-41)29-49-25-30-14-6-2-7-15-30/h2-24,37-41,48H,25-29H2,1H3/t37-,38-,39+,40+,41+,42?/m1/s1. The van der Waals surface area contributed by atoms with Crippen LogP contribution in [0.1, 0.15) is 40.3 Å². The fourth-order valence-electron chi connectivity index (χ4n) is 6.59. The number of ether oxygens (including phenoxy) is 5. The summed E-state index contributed by atoms with van der Waals surface area (Å²) in [5, 5.41) is 12.5. The molecule has 1 saturated heterocycles. The molecule has 5 aromatic rings. The van der Waals surface area contributed by atoms with Gasteiger partial charge in [-0.25, -0.2) is 0 Å². The maximum Gasteiger partial charge on any atom is 0.416 e. The summed E-state index contributed by atoms with van der Waals surface area (Å²) in [6.45, 7) is 1.97. The molecular formula is C43H42BrF3O6. The van der Waals surface area contributed by atoms with Crippen LogP contribution in [-0.4, -0.2) is 42.2 Å². The Balaban J connectivity index is 1.43. The SMILES string of the molecule is CC(O)(c1ccc(Br)cc1C(F)(F)F)[C@H]1O[C@H](COCc2ccccc2)[C@@H](OCc2ccccc2)[C@H](OCc2ccccc2)[C@@H]1OCc1ccccc1. The summed E-state index contributed by atoms with van der Waals surface area (Å²) in [5.41, 5.74) is -0.0663. The molecule has 0 bridgehead atoms. The predicted molar refractivity (Wildman–Crippen MR) is 199 cm³/mol. The predicted octanol–water partition coefficient (Wildman–Crippen LogP) is 9.42. The lowest BCUT2D eigenvalue weighted by Gasteiger charge is -2.50. The average molecular weight is 792 g/mol. The lowest BCUT2D eigenvalue weighted by molar-refractivity contribution is -0.302. The van der Waals surface area contributed by atoms with Gasteiger partial charge in [0.05, 0.1) is 38.6 Å². The largest absolute Gasteiger partial charge is 0.416 e. The van der Waals surface area contributed by atoms with Gasteiger partial charge in [0, 0.05) is 4.47 Å². The quantitative estimate of drug-likeness (QED) is 0.114. The molecule has 6 atom stereocenters. The Labute approximate surface area is 316 Å². The molecule has 1 aliphatic heterocycles. The van der Waals surface area contributed by atoms with Crippen LogP contribution in [0.25, 0.3) is 0 Å². The topological polar surface area (TPSA) is 66.4 Å². The third-order valence-corrected chi connectivity index (χ3v) is 9.76. The fraction of sp³-hybridized carbons (Fsp3) is 0.302. The summed E-state index contributed by atoms with van der Waals surface area (Å²) in [5.74, 6) is 0. The zero-order chi connectivity index (χ0) is 37.3. The number of rotatable bonds is 15. The minimum atomic E-state index is -4.78. The maximum atomic E-state index is 14.6. The van der Waals surface area contributed by atoms with Crippen LogP contribution in [-0.2, 0) is 61.9 Å². The Morgan fingerprint density at radius 3 is 1.49 bits per heavy atom. The van der Waals surface area contributed by atoms with E-state index in [-0.39, 0.29) is 43.1 Å². The second-order valence-electron chi connectivity index (χ2n) is 13.2. The van der Waals surface area contributed by atoms with Gasteiger partial charge in [-0.15, -0.1) is 0 Å². The summed E-state index contributed by atoms with van der Waals surface area (Å²) in [7, 11) is 0. The lowest BCUT2D eigenvalue weighted by Crippen LogP contribution is -2.65. The zero-order valence-electron chi connectivity index (χ0n) is 29.2. The van der Waals surface area contributed by atoms with Gasteiger partial charge in [0.25, 0.3) is 0 Å². The highest BCUT2D eigenvalue weighted by Gasteiger charge is 2.56. The Morgan fingerprint density at radius 2 is 1.02 bits per heavy atom. The van der Waals surface area contributed by atoms with Gasteiger partial charge in [-0.3, -0.25) is 0 Å². The highest BCUT2D eigenvalue weighted by molar-refractivity contribution is 9.10. The van der Waals surface area contributed by atoms with E-state index < -0.39 is 47.9 Å². The van der Waals surface area contributed by atoms with Crippen molar-refractivity contribution in [3.63, 3.8) is 0 Å². The molecule has 1 aliphatic rings. The highest BCUT2D eigenvalue weighted by Crippen LogP contribution is 2.44. The Kier molecular flexibility index (Phi) is 13.2. The number of hydrogen-bond acceptors (Lipinski definition) is 6.